The van der Waals surface area contributed by atoms with Crippen LogP contribution < -0.4 is 0 Å². The standard InChI is InChI=1S/C51H31N5S/c1-3-14-32(15-4-1)33-26-28-35(29-27-33)50-52-49(34-16-5-2-6-17-34)53-51(54-50)56-43-23-11-8-19-37(43)41-30-40-36-18-7-10-22-42(36)55(45(40)31-46(41)56)44-24-13-21-39-38-20-9-12-25-47(38)57-48(39)44/h1-31H. The van der Waals surface area contributed by atoms with Crippen molar-refractivity contribution in [3.63, 3.8) is 0 Å². The summed E-state index contributed by atoms with van der Waals surface area (Å²) in [5.74, 6) is 1.82. The number of aromatic nitrogens is 5. The van der Waals surface area contributed by atoms with Crippen LogP contribution in [0.3, 0.4) is 0 Å². The van der Waals surface area contributed by atoms with Crippen LogP contribution in [-0.4, -0.2) is 24.1 Å². The molecule has 0 spiro atoms. The monoisotopic (exact) mass is 745 g/mol. The third kappa shape index (κ3) is 4.98. The summed E-state index contributed by atoms with van der Waals surface area (Å²) < 4.78 is 7.24. The molecule has 0 unspecified atom stereocenters. The molecule has 0 aliphatic carbocycles. The number of hydrogen-bond acceptors (Lipinski definition) is 4. The topological polar surface area (TPSA) is 48.5 Å². The minimum absolute atomic E-state index is 0.575. The van der Waals surface area contributed by atoms with E-state index in [4.69, 9.17) is 15.0 Å². The molecule has 6 heteroatoms. The zero-order chi connectivity index (χ0) is 37.5. The molecule has 0 aliphatic heterocycles. The predicted molar refractivity (Wildman–Crippen MR) is 238 cm³/mol. The summed E-state index contributed by atoms with van der Waals surface area (Å²) in [4.78, 5) is 15.6. The number of rotatable bonds is 5. The maximum Gasteiger partial charge on any atom is 0.238 e. The van der Waals surface area contributed by atoms with Crippen LogP contribution in [0.25, 0.3) is 109 Å². The smallest absolute Gasteiger partial charge is 0.238 e. The number of para-hydroxylation sites is 2. The van der Waals surface area contributed by atoms with E-state index in [1.807, 2.05) is 35.6 Å². The van der Waals surface area contributed by atoms with Gasteiger partial charge in [0.1, 0.15) is 0 Å². The predicted octanol–water partition coefficient (Wildman–Crippen LogP) is 13.4. The van der Waals surface area contributed by atoms with Crippen LogP contribution in [0.4, 0.5) is 0 Å². The van der Waals surface area contributed by atoms with Gasteiger partial charge in [-0.25, -0.2) is 4.98 Å². The van der Waals surface area contributed by atoms with Gasteiger partial charge in [-0.2, -0.15) is 9.97 Å². The molecule has 4 aromatic heterocycles. The minimum atomic E-state index is 0.575. The Balaban J connectivity index is 1.14. The Morgan fingerprint density at radius 3 is 1.54 bits per heavy atom. The molecule has 266 valence electrons. The van der Waals surface area contributed by atoms with Gasteiger partial charge in [0.2, 0.25) is 5.95 Å². The molecule has 0 saturated carbocycles. The van der Waals surface area contributed by atoms with Crippen molar-refractivity contribution >= 4 is 75.1 Å². The molecule has 0 saturated heterocycles. The molecule has 12 rings (SSSR count). The lowest BCUT2D eigenvalue weighted by molar-refractivity contribution is 0.953. The van der Waals surface area contributed by atoms with Gasteiger partial charge in [0.25, 0.3) is 0 Å². The van der Waals surface area contributed by atoms with Gasteiger partial charge in [-0.1, -0.05) is 152 Å². The first-order chi connectivity index (χ1) is 28.3. The number of thiophene rings is 1. The Labute approximate surface area is 331 Å². The number of hydrogen-bond donors (Lipinski definition) is 0. The van der Waals surface area contributed by atoms with E-state index < -0.39 is 0 Å². The zero-order valence-electron chi connectivity index (χ0n) is 30.5. The average Bonchev–Trinajstić information content (AvgIpc) is 3.93. The molecule has 0 fully saturated rings. The lowest BCUT2D eigenvalue weighted by atomic mass is 10.0. The van der Waals surface area contributed by atoms with Crippen LogP contribution in [-0.2, 0) is 0 Å². The van der Waals surface area contributed by atoms with Crippen molar-refractivity contribution in [1.29, 1.82) is 0 Å². The van der Waals surface area contributed by atoms with Crippen molar-refractivity contribution in [2.45, 2.75) is 0 Å². The fourth-order valence-electron chi connectivity index (χ4n) is 8.57. The van der Waals surface area contributed by atoms with Crippen LogP contribution in [0.2, 0.25) is 0 Å². The minimum Gasteiger partial charge on any atom is -0.308 e. The van der Waals surface area contributed by atoms with E-state index in [9.17, 15) is 0 Å². The van der Waals surface area contributed by atoms with Crippen molar-refractivity contribution in [1.82, 2.24) is 24.1 Å². The highest BCUT2D eigenvalue weighted by Crippen LogP contribution is 2.43. The van der Waals surface area contributed by atoms with Crippen LogP contribution in [0.5, 0.6) is 0 Å². The lowest BCUT2D eigenvalue weighted by Gasteiger charge is -2.12. The molecule has 8 aromatic carbocycles. The van der Waals surface area contributed by atoms with Gasteiger partial charge < -0.3 is 4.57 Å². The van der Waals surface area contributed by atoms with Crippen LogP contribution in [0, 0.1) is 0 Å². The molecule has 5 nitrogen and oxygen atoms in total. The Morgan fingerprint density at radius 1 is 0.333 bits per heavy atom. The summed E-state index contributed by atoms with van der Waals surface area (Å²) in [6.07, 6.45) is 0. The molecular weight excluding hydrogens is 715 g/mol. The Hall–Kier alpha value is -7.41. The SMILES string of the molecule is c1ccc(-c2ccc(-c3nc(-c4ccccc4)nc(-n4c5ccccc5c5cc6c7ccccc7n(-c7cccc8c7sc7ccccc78)c6cc54)n3)cc2)cc1. The second-order valence-corrected chi connectivity index (χ2v) is 15.5. The number of nitrogens with zero attached hydrogens (tertiary/aromatic N) is 5. The van der Waals surface area contributed by atoms with Gasteiger partial charge >= 0.3 is 0 Å². The maximum atomic E-state index is 5.28. The Morgan fingerprint density at radius 2 is 0.842 bits per heavy atom. The first-order valence-electron chi connectivity index (χ1n) is 19.1. The molecule has 0 radical (unpaired) electrons. The van der Waals surface area contributed by atoms with Crippen molar-refractivity contribution in [2.24, 2.45) is 0 Å². The molecule has 0 amide bonds. The molecular formula is C51H31N5S. The third-order valence-corrected chi connectivity index (χ3v) is 12.4. The largest absolute Gasteiger partial charge is 0.308 e. The lowest BCUT2D eigenvalue weighted by Crippen LogP contribution is -2.06. The quantitative estimate of drug-likeness (QED) is 0.176. The first-order valence-corrected chi connectivity index (χ1v) is 19.9. The summed E-state index contributed by atoms with van der Waals surface area (Å²) in [5.41, 5.74) is 9.73. The highest BCUT2D eigenvalue weighted by atomic mass is 32.1. The highest BCUT2D eigenvalue weighted by molar-refractivity contribution is 7.26. The summed E-state index contributed by atoms with van der Waals surface area (Å²) in [6.45, 7) is 0. The summed E-state index contributed by atoms with van der Waals surface area (Å²) in [5, 5.41) is 7.29. The molecule has 0 bridgehead atoms. The maximum absolute atomic E-state index is 5.28. The zero-order valence-corrected chi connectivity index (χ0v) is 31.4. The Bertz CT molecular complexity index is 3510. The van der Waals surface area contributed by atoms with E-state index >= 15 is 0 Å². The molecule has 4 heterocycles. The summed E-state index contributed by atoms with van der Waals surface area (Å²) in [7, 11) is 0. The fraction of sp³-hybridized carbons (Fsp3) is 0. The average molecular weight is 746 g/mol. The highest BCUT2D eigenvalue weighted by Gasteiger charge is 2.22. The Kier molecular flexibility index (Phi) is 7.03. The molecule has 12 aromatic rings. The summed E-state index contributed by atoms with van der Waals surface area (Å²) >= 11 is 1.86. The van der Waals surface area contributed by atoms with Gasteiger partial charge in [0, 0.05) is 48.1 Å². The second-order valence-electron chi connectivity index (χ2n) is 14.4. The van der Waals surface area contributed by atoms with Crippen molar-refractivity contribution in [3.05, 3.63) is 188 Å². The third-order valence-electron chi connectivity index (χ3n) is 11.2. The van der Waals surface area contributed by atoms with Crippen molar-refractivity contribution < 1.29 is 0 Å². The van der Waals surface area contributed by atoms with E-state index in [0.717, 1.165) is 44.0 Å². The van der Waals surface area contributed by atoms with Gasteiger partial charge in [-0.3, -0.25) is 4.57 Å². The van der Waals surface area contributed by atoms with Gasteiger partial charge in [-0.05, 0) is 47.5 Å². The van der Waals surface area contributed by atoms with E-state index in [-0.39, 0.29) is 0 Å². The van der Waals surface area contributed by atoms with E-state index in [2.05, 4.69) is 173 Å². The van der Waals surface area contributed by atoms with Gasteiger partial charge in [0.05, 0.1) is 32.5 Å². The van der Waals surface area contributed by atoms with Crippen molar-refractivity contribution in [3.8, 4) is 45.5 Å². The van der Waals surface area contributed by atoms with Crippen LogP contribution in [0.1, 0.15) is 0 Å². The van der Waals surface area contributed by atoms with Crippen molar-refractivity contribution in [2.75, 3.05) is 0 Å². The van der Waals surface area contributed by atoms with E-state index in [1.165, 1.54) is 47.7 Å². The van der Waals surface area contributed by atoms with Gasteiger partial charge in [0.15, 0.2) is 11.6 Å². The number of benzene rings is 8. The molecule has 0 N–H and O–H groups in total. The molecule has 0 aliphatic rings. The van der Waals surface area contributed by atoms with Crippen LogP contribution >= 0.6 is 11.3 Å². The molecule has 57 heavy (non-hydrogen) atoms. The molecule has 0 atom stereocenters. The van der Waals surface area contributed by atoms with E-state index in [0.29, 0.717) is 17.6 Å². The number of fused-ring (bicyclic) bond motifs is 9. The van der Waals surface area contributed by atoms with E-state index in [1.54, 1.807) is 0 Å². The second kappa shape index (κ2) is 12.6. The fourth-order valence-corrected chi connectivity index (χ4v) is 9.77. The first kappa shape index (κ1) is 31.9. The van der Waals surface area contributed by atoms with Gasteiger partial charge in [-0.15, -0.1) is 11.3 Å². The summed E-state index contributed by atoms with van der Waals surface area (Å²) in [6, 6.07) is 66.6. The van der Waals surface area contributed by atoms with Crippen LogP contribution in [0.15, 0.2) is 188 Å². The normalized spacial score (nSPS) is 11.9.